The largest absolute Gasteiger partial charge is 0.481 e. The maximum atomic E-state index is 11.6. The first kappa shape index (κ1) is 13.5. The SMILES string of the molecule is COC(=O)COc1cccc2[nH]c3c(c12)C(C(N)=O)CC3. The number of H-pyrrole nitrogens is 1. The Morgan fingerprint density at radius 2 is 2.24 bits per heavy atom. The number of ether oxygens (including phenoxy) is 2. The van der Waals surface area contributed by atoms with Crippen molar-refractivity contribution < 1.29 is 19.1 Å². The Morgan fingerprint density at radius 3 is 2.95 bits per heavy atom. The van der Waals surface area contributed by atoms with Crippen LogP contribution in [0.5, 0.6) is 5.75 Å². The van der Waals surface area contributed by atoms with Gasteiger partial charge in [0.1, 0.15) is 5.75 Å². The first-order valence-corrected chi connectivity index (χ1v) is 6.74. The predicted molar refractivity (Wildman–Crippen MR) is 76.1 cm³/mol. The Morgan fingerprint density at radius 1 is 1.43 bits per heavy atom. The molecule has 1 heterocycles. The molecule has 0 bridgehead atoms. The van der Waals surface area contributed by atoms with Crippen LogP contribution >= 0.6 is 0 Å². The van der Waals surface area contributed by atoms with Crippen molar-refractivity contribution in [2.24, 2.45) is 5.73 Å². The fourth-order valence-corrected chi connectivity index (χ4v) is 2.91. The second-order valence-corrected chi connectivity index (χ2v) is 5.05. The number of nitrogens with two attached hydrogens (primary N) is 1. The molecule has 0 saturated carbocycles. The van der Waals surface area contributed by atoms with Crippen molar-refractivity contribution in [3.63, 3.8) is 0 Å². The first-order valence-electron chi connectivity index (χ1n) is 6.74. The summed E-state index contributed by atoms with van der Waals surface area (Å²) in [4.78, 5) is 26.2. The molecule has 1 aromatic heterocycles. The maximum absolute atomic E-state index is 11.6. The van der Waals surface area contributed by atoms with Gasteiger partial charge < -0.3 is 20.2 Å². The molecule has 0 spiro atoms. The minimum absolute atomic E-state index is 0.170. The highest BCUT2D eigenvalue weighted by Crippen LogP contribution is 2.42. The fourth-order valence-electron chi connectivity index (χ4n) is 2.91. The highest BCUT2D eigenvalue weighted by Gasteiger charge is 2.32. The summed E-state index contributed by atoms with van der Waals surface area (Å²) in [5.41, 5.74) is 8.29. The van der Waals surface area contributed by atoms with Gasteiger partial charge in [-0.15, -0.1) is 0 Å². The third-order valence-electron chi connectivity index (χ3n) is 3.85. The van der Waals surface area contributed by atoms with Crippen molar-refractivity contribution in [1.29, 1.82) is 0 Å². The van der Waals surface area contributed by atoms with Crippen molar-refractivity contribution >= 4 is 22.8 Å². The van der Waals surface area contributed by atoms with Crippen LogP contribution in [0.4, 0.5) is 0 Å². The van der Waals surface area contributed by atoms with Crippen LogP contribution in [-0.2, 0) is 20.7 Å². The van der Waals surface area contributed by atoms with Gasteiger partial charge in [-0.25, -0.2) is 4.79 Å². The van der Waals surface area contributed by atoms with Gasteiger partial charge in [-0.05, 0) is 30.5 Å². The summed E-state index contributed by atoms with van der Waals surface area (Å²) in [6.45, 7) is -0.170. The number of rotatable bonds is 4. The van der Waals surface area contributed by atoms with Gasteiger partial charge in [-0.2, -0.15) is 0 Å². The minimum Gasteiger partial charge on any atom is -0.481 e. The van der Waals surface area contributed by atoms with E-state index < -0.39 is 5.97 Å². The Kier molecular flexibility index (Phi) is 3.29. The molecule has 1 aromatic carbocycles. The number of esters is 1. The highest BCUT2D eigenvalue weighted by atomic mass is 16.6. The Bertz CT molecular complexity index is 720. The number of hydrogen-bond donors (Lipinski definition) is 2. The van der Waals surface area contributed by atoms with Gasteiger partial charge in [0.15, 0.2) is 6.61 Å². The molecule has 21 heavy (non-hydrogen) atoms. The van der Waals surface area contributed by atoms with Gasteiger partial charge in [0.05, 0.1) is 13.0 Å². The lowest BCUT2D eigenvalue weighted by Crippen LogP contribution is -2.19. The van der Waals surface area contributed by atoms with Crippen LogP contribution in [0.3, 0.4) is 0 Å². The number of primary amides is 1. The van der Waals surface area contributed by atoms with E-state index in [1.807, 2.05) is 12.1 Å². The molecule has 0 radical (unpaired) electrons. The molecule has 1 unspecified atom stereocenters. The summed E-state index contributed by atoms with van der Waals surface area (Å²) in [6, 6.07) is 5.52. The lowest BCUT2D eigenvalue weighted by molar-refractivity contribution is -0.142. The van der Waals surface area contributed by atoms with Gasteiger partial charge in [0.25, 0.3) is 0 Å². The van der Waals surface area contributed by atoms with E-state index in [2.05, 4.69) is 9.72 Å². The summed E-state index contributed by atoms with van der Waals surface area (Å²) in [5.74, 6) is -0.539. The average molecular weight is 288 g/mol. The number of fused-ring (bicyclic) bond motifs is 3. The lowest BCUT2D eigenvalue weighted by atomic mass is 9.99. The maximum Gasteiger partial charge on any atom is 0.343 e. The van der Waals surface area contributed by atoms with Gasteiger partial charge in [-0.1, -0.05) is 6.07 Å². The number of nitrogens with one attached hydrogen (secondary N) is 1. The molecule has 6 nitrogen and oxygen atoms in total. The molecule has 0 aliphatic heterocycles. The lowest BCUT2D eigenvalue weighted by Gasteiger charge is -2.10. The van der Waals surface area contributed by atoms with E-state index in [9.17, 15) is 9.59 Å². The van der Waals surface area contributed by atoms with E-state index in [0.717, 1.165) is 28.6 Å². The van der Waals surface area contributed by atoms with Gasteiger partial charge in [0.2, 0.25) is 5.91 Å². The van der Waals surface area contributed by atoms with Crippen molar-refractivity contribution in [2.45, 2.75) is 18.8 Å². The highest BCUT2D eigenvalue weighted by molar-refractivity contribution is 5.97. The van der Waals surface area contributed by atoms with E-state index in [1.165, 1.54) is 7.11 Å². The quantitative estimate of drug-likeness (QED) is 0.827. The average Bonchev–Trinajstić information content (AvgIpc) is 3.02. The number of carbonyl (C=O) groups is 2. The van der Waals surface area contributed by atoms with Crippen LogP contribution in [0.25, 0.3) is 10.9 Å². The molecular formula is C15H16N2O4. The third kappa shape index (κ3) is 2.22. The molecule has 1 aliphatic carbocycles. The van der Waals surface area contributed by atoms with Crippen molar-refractivity contribution in [3.8, 4) is 5.75 Å². The minimum atomic E-state index is -0.453. The van der Waals surface area contributed by atoms with E-state index in [1.54, 1.807) is 6.07 Å². The molecule has 6 heteroatoms. The first-order chi connectivity index (χ1) is 10.1. The number of aryl methyl sites for hydroxylation is 1. The summed E-state index contributed by atoms with van der Waals surface area (Å²) in [7, 11) is 1.31. The standard InChI is InChI=1S/C15H16N2O4/c1-20-12(18)7-21-11-4-2-3-9-14(11)13-8(15(16)19)5-6-10(13)17-9/h2-4,8,17H,5-7H2,1H3,(H2,16,19). The molecule has 0 saturated heterocycles. The number of aromatic nitrogens is 1. The van der Waals surface area contributed by atoms with Crippen LogP contribution in [-0.4, -0.2) is 30.6 Å². The van der Waals surface area contributed by atoms with Crippen LogP contribution in [0, 0.1) is 0 Å². The molecule has 110 valence electrons. The normalized spacial score (nSPS) is 16.7. The molecule has 1 atom stereocenters. The Balaban J connectivity index is 2.05. The molecule has 0 fully saturated rings. The fraction of sp³-hybridized carbons (Fsp3) is 0.333. The number of methoxy groups -OCH3 is 1. The Hall–Kier alpha value is -2.50. The van der Waals surface area contributed by atoms with Crippen LogP contribution < -0.4 is 10.5 Å². The van der Waals surface area contributed by atoms with E-state index in [4.69, 9.17) is 10.5 Å². The Labute approximate surface area is 121 Å². The number of benzene rings is 1. The van der Waals surface area contributed by atoms with Crippen molar-refractivity contribution in [3.05, 3.63) is 29.5 Å². The van der Waals surface area contributed by atoms with Crippen LogP contribution in [0.2, 0.25) is 0 Å². The number of hydrogen-bond acceptors (Lipinski definition) is 4. The van der Waals surface area contributed by atoms with Crippen molar-refractivity contribution in [2.75, 3.05) is 13.7 Å². The molecule has 3 rings (SSSR count). The zero-order chi connectivity index (χ0) is 15.0. The molecule has 1 amide bonds. The van der Waals surface area contributed by atoms with E-state index >= 15 is 0 Å². The van der Waals surface area contributed by atoms with Gasteiger partial charge in [0, 0.05) is 16.6 Å². The second-order valence-electron chi connectivity index (χ2n) is 5.05. The number of amides is 1. The summed E-state index contributed by atoms with van der Waals surface area (Å²) in [5, 5.41) is 0.831. The molecule has 1 aliphatic rings. The molecular weight excluding hydrogens is 272 g/mol. The summed E-state index contributed by atoms with van der Waals surface area (Å²) >= 11 is 0. The van der Waals surface area contributed by atoms with Crippen LogP contribution in [0.15, 0.2) is 18.2 Å². The van der Waals surface area contributed by atoms with Crippen LogP contribution in [0.1, 0.15) is 23.6 Å². The smallest absolute Gasteiger partial charge is 0.343 e. The topological polar surface area (TPSA) is 94.4 Å². The number of carbonyl (C=O) groups excluding carboxylic acids is 2. The monoisotopic (exact) mass is 288 g/mol. The van der Waals surface area contributed by atoms with Crippen molar-refractivity contribution in [1.82, 2.24) is 4.98 Å². The second kappa shape index (κ2) is 5.12. The van der Waals surface area contributed by atoms with Gasteiger partial charge >= 0.3 is 5.97 Å². The number of aromatic amines is 1. The van der Waals surface area contributed by atoms with E-state index in [0.29, 0.717) is 12.2 Å². The zero-order valence-electron chi connectivity index (χ0n) is 11.6. The predicted octanol–water partition coefficient (Wildman–Crippen LogP) is 1.23. The third-order valence-corrected chi connectivity index (χ3v) is 3.85. The zero-order valence-corrected chi connectivity index (χ0v) is 11.6. The van der Waals surface area contributed by atoms with E-state index in [-0.39, 0.29) is 18.4 Å². The van der Waals surface area contributed by atoms with Gasteiger partial charge in [-0.3, -0.25) is 4.79 Å². The summed E-state index contributed by atoms with van der Waals surface area (Å²) < 4.78 is 10.1. The molecule has 3 N–H and O–H groups in total. The molecule has 2 aromatic rings. The summed E-state index contributed by atoms with van der Waals surface area (Å²) in [6.07, 6.45) is 1.49.